The van der Waals surface area contributed by atoms with Gasteiger partial charge in [0.1, 0.15) is 5.69 Å². The van der Waals surface area contributed by atoms with Crippen LogP contribution in [0.1, 0.15) is 29.5 Å². The number of hydrogen-bond acceptors (Lipinski definition) is 4. The number of aromatic nitrogens is 2. The van der Waals surface area contributed by atoms with Crippen LogP contribution in [0.2, 0.25) is 0 Å². The number of carboxylic acids is 1. The Morgan fingerprint density at radius 3 is 3.05 bits per heavy atom. The Morgan fingerprint density at radius 2 is 2.42 bits per heavy atom. The van der Waals surface area contributed by atoms with Gasteiger partial charge in [-0.2, -0.15) is 5.10 Å². The van der Waals surface area contributed by atoms with Gasteiger partial charge in [0.2, 0.25) is 0 Å². The molecule has 1 aromatic rings. The van der Waals surface area contributed by atoms with Crippen molar-refractivity contribution in [3.8, 4) is 0 Å². The molecule has 1 aliphatic heterocycles. The van der Waals surface area contributed by atoms with Gasteiger partial charge < -0.3 is 14.7 Å². The number of amides is 1. The summed E-state index contributed by atoms with van der Waals surface area (Å²) in [6, 6.07) is 1.73. The second kappa shape index (κ2) is 5.83. The maximum Gasteiger partial charge on any atom is 0.306 e. The lowest BCUT2D eigenvalue weighted by Crippen LogP contribution is -2.46. The molecule has 1 fully saturated rings. The van der Waals surface area contributed by atoms with E-state index in [2.05, 4.69) is 10.2 Å². The van der Waals surface area contributed by atoms with Crippen molar-refractivity contribution in [3.63, 3.8) is 0 Å². The SMILES string of the molecule is CCc1cc(C(=O)N2CCO[C@@H](CC(=O)O)C2)n[nH]1. The smallest absolute Gasteiger partial charge is 0.306 e. The molecule has 2 rings (SSSR count). The minimum atomic E-state index is -0.924. The molecule has 0 saturated carbocycles. The van der Waals surface area contributed by atoms with Crippen molar-refractivity contribution in [3.05, 3.63) is 17.5 Å². The van der Waals surface area contributed by atoms with Crippen LogP contribution in [0.4, 0.5) is 0 Å². The second-order valence-electron chi connectivity index (χ2n) is 4.47. The van der Waals surface area contributed by atoms with E-state index < -0.39 is 12.1 Å². The van der Waals surface area contributed by atoms with E-state index in [0.717, 1.165) is 12.1 Å². The fourth-order valence-electron chi connectivity index (χ4n) is 2.04. The molecule has 19 heavy (non-hydrogen) atoms. The van der Waals surface area contributed by atoms with Gasteiger partial charge in [-0.3, -0.25) is 14.7 Å². The van der Waals surface area contributed by atoms with Crippen molar-refractivity contribution in [1.29, 1.82) is 0 Å². The van der Waals surface area contributed by atoms with Crippen molar-refractivity contribution in [2.24, 2.45) is 0 Å². The summed E-state index contributed by atoms with van der Waals surface area (Å²) in [7, 11) is 0. The molecule has 1 aromatic heterocycles. The summed E-state index contributed by atoms with van der Waals surface area (Å²) >= 11 is 0. The molecule has 0 bridgehead atoms. The van der Waals surface area contributed by atoms with Gasteiger partial charge in [-0.15, -0.1) is 0 Å². The van der Waals surface area contributed by atoms with Gasteiger partial charge in [-0.05, 0) is 12.5 Å². The van der Waals surface area contributed by atoms with Gasteiger partial charge in [0, 0.05) is 18.8 Å². The Morgan fingerprint density at radius 1 is 1.63 bits per heavy atom. The zero-order chi connectivity index (χ0) is 13.8. The number of hydrogen-bond donors (Lipinski definition) is 2. The Kier molecular flexibility index (Phi) is 4.16. The van der Waals surface area contributed by atoms with E-state index in [4.69, 9.17) is 9.84 Å². The van der Waals surface area contributed by atoms with Gasteiger partial charge in [0.25, 0.3) is 5.91 Å². The second-order valence-corrected chi connectivity index (χ2v) is 4.47. The maximum atomic E-state index is 12.2. The molecule has 0 radical (unpaired) electrons. The predicted octanol–water partition coefficient (Wildman–Crippen LogP) is 0.288. The molecule has 104 valence electrons. The van der Waals surface area contributed by atoms with Crippen LogP contribution in [-0.2, 0) is 16.0 Å². The number of H-pyrrole nitrogens is 1. The summed E-state index contributed by atoms with van der Waals surface area (Å²) in [5.41, 5.74) is 1.27. The average molecular weight is 267 g/mol. The minimum absolute atomic E-state index is 0.0927. The van der Waals surface area contributed by atoms with Crippen LogP contribution >= 0.6 is 0 Å². The summed E-state index contributed by atoms with van der Waals surface area (Å²) in [5, 5.41) is 15.5. The molecule has 2 N–H and O–H groups in total. The Labute approximate surface area is 110 Å². The number of aromatic amines is 1. The highest BCUT2D eigenvalue weighted by Gasteiger charge is 2.27. The number of nitrogens with zero attached hydrogens (tertiary/aromatic N) is 2. The summed E-state index contributed by atoms with van der Waals surface area (Å²) in [6.45, 7) is 3.08. The normalized spacial score (nSPS) is 19.4. The molecule has 0 aromatic carbocycles. The van der Waals surface area contributed by atoms with Crippen molar-refractivity contribution in [2.75, 3.05) is 19.7 Å². The third kappa shape index (κ3) is 3.31. The number of carbonyl (C=O) groups is 2. The first kappa shape index (κ1) is 13.5. The van der Waals surface area contributed by atoms with E-state index in [9.17, 15) is 9.59 Å². The van der Waals surface area contributed by atoms with Crippen LogP contribution in [0, 0.1) is 0 Å². The zero-order valence-corrected chi connectivity index (χ0v) is 10.8. The van der Waals surface area contributed by atoms with Crippen molar-refractivity contribution >= 4 is 11.9 Å². The van der Waals surface area contributed by atoms with Gasteiger partial charge in [0.05, 0.1) is 19.1 Å². The minimum Gasteiger partial charge on any atom is -0.481 e. The zero-order valence-electron chi connectivity index (χ0n) is 10.8. The molecule has 1 aliphatic rings. The first-order valence-electron chi connectivity index (χ1n) is 6.27. The van der Waals surface area contributed by atoms with Crippen molar-refractivity contribution < 1.29 is 19.4 Å². The Bertz CT molecular complexity index is 471. The van der Waals surface area contributed by atoms with E-state index >= 15 is 0 Å². The van der Waals surface area contributed by atoms with Gasteiger partial charge in [0.15, 0.2) is 0 Å². The van der Waals surface area contributed by atoms with Crippen LogP contribution in [0.15, 0.2) is 6.07 Å². The highest BCUT2D eigenvalue weighted by atomic mass is 16.5. The highest BCUT2D eigenvalue weighted by molar-refractivity contribution is 5.92. The Hall–Kier alpha value is -1.89. The fraction of sp³-hybridized carbons (Fsp3) is 0.583. The van der Waals surface area contributed by atoms with E-state index in [-0.39, 0.29) is 12.3 Å². The highest BCUT2D eigenvalue weighted by Crippen LogP contribution is 2.12. The van der Waals surface area contributed by atoms with Crippen LogP contribution in [0.5, 0.6) is 0 Å². The lowest BCUT2D eigenvalue weighted by molar-refractivity contribution is -0.141. The van der Waals surface area contributed by atoms with Gasteiger partial charge in [-0.1, -0.05) is 6.92 Å². The molecule has 1 atom stereocenters. The van der Waals surface area contributed by atoms with Crippen LogP contribution in [0.3, 0.4) is 0 Å². The Balaban J connectivity index is 2.00. The summed E-state index contributed by atoms with van der Waals surface area (Å²) in [4.78, 5) is 24.4. The predicted molar refractivity (Wildman–Crippen MR) is 65.9 cm³/mol. The van der Waals surface area contributed by atoms with Gasteiger partial charge >= 0.3 is 5.97 Å². The largest absolute Gasteiger partial charge is 0.481 e. The van der Waals surface area contributed by atoms with Crippen LogP contribution < -0.4 is 0 Å². The number of morpholine rings is 1. The molecular formula is C12H17N3O4. The van der Waals surface area contributed by atoms with Crippen molar-refractivity contribution in [2.45, 2.75) is 25.9 Å². The maximum absolute atomic E-state index is 12.2. The summed E-state index contributed by atoms with van der Waals surface area (Å²) in [5.74, 6) is -1.11. The van der Waals surface area contributed by atoms with E-state index in [1.807, 2.05) is 6.92 Å². The van der Waals surface area contributed by atoms with E-state index in [0.29, 0.717) is 25.4 Å². The number of aryl methyl sites for hydroxylation is 1. The summed E-state index contributed by atoms with van der Waals surface area (Å²) in [6.07, 6.45) is 0.245. The van der Waals surface area contributed by atoms with E-state index in [1.165, 1.54) is 0 Å². The number of ether oxygens (including phenoxy) is 1. The van der Waals surface area contributed by atoms with Gasteiger partial charge in [-0.25, -0.2) is 0 Å². The molecule has 7 nitrogen and oxygen atoms in total. The quantitative estimate of drug-likeness (QED) is 0.817. The topological polar surface area (TPSA) is 95.5 Å². The first-order valence-corrected chi connectivity index (χ1v) is 6.27. The van der Waals surface area contributed by atoms with E-state index in [1.54, 1.807) is 11.0 Å². The third-order valence-electron chi connectivity index (χ3n) is 3.06. The van der Waals surface area contributed by atoms with Crippen molar-refractivity contribution in [1.82, 2.24) is 15.1 Å². The molecule has 0 aliphatic carbocycles. The number of nitrogens with one attached hydrogen (secondary N) is 1. The monoisotopic (exact) mass is 267 g/mol. The number of carboxylic acid groups (broad SMARTS) is 1. The summed E-state index contributed by atoms with van der Waals surface area (Å²) < 4.78 is 5.33. The molecule has 1 amide bonds. The molecule has 0 spiro atoms. The van der Waals surface area contributed by atoms with Crippen LogP contribution in [-0.4, -0.2) is 57.9 Å². The molecule has 7 heteroatoms. The number of rotatable bonds is 4. The fourth-order valence-corrected chi connectivity index (χ4v) is 2.04. The number of aliphatic carboxylic acids is 1. The lowest BCUT2D eigenvalue weighted by atomic mass is 10.2. The third-order valence-corrected chi connectivity index (χ3v) is 3.06. The molecule has 2 heterocycles. The molecular weight excluding hydrogens is 250 g/mol. The standard InChI is InChI=1S/C12H17N3O4/c1-2-8-5-10(14-13-8)12(18)15-3-4-19-9(7-15)6-11(16)17/h5,9H,2-4,6-7H2,1H3,(H,13,14)(H,16,17)/t9-/m0/s1. The molecule has 0 unspecified atom stereocenters. The molecule has 1 saturated heterocycles. The number of carbonyl (C=O) groups excluding carboxylic acids is 1. The van der Waals surface area contributed by atoms with Crippen LogP contribution in [0.25, 0.3) is 0 Å². The average Bonchev–Trinajstić information content (AvgIpc) is 2.86. The lowest BCUT2D eigenvalue weighted by Gasteiger charge is -2.31. The first-order chi connectivity index (χ1) is 9.10.